The molecule has 1 aromatic rings. The fourth-order valence-corrected chi connectivity index (χ4v) is 2.97. The van der Waals surface area contributed by atoms with Crippen LogP contribution in [0.5, 0.6) is 11.5 Å². The summed E-state index contributed by atoms with van der Waals surface area (Å²) < 4.78 is 11.2. The molecule has 2 rings (SSSR count). The molecule has 1 heterocycles. The van der Waals surface area contributed by atoms with E-state index in [0.29, 0.717) is 31.1 Å². The van der Waals surface area contributed by atoms with E-state index in [1.807, 2.05) is 25.1 Å². The Bertz CT molecular complexity index is 618. The minimum atomic E-state index is -0.514. The molecule has 0 saturated carbocycles. The lowest BCUT2D eigenvalue weighted by Gasteiger charge is -2.14. The van der Waals surface area contributed by atoms with Crippen molar-refractivity contribution in [3.05, 3.63) is 23.8 Å². The highest BCUT2D eigenvalue weighted by Gasteiger charge is 2.37. The molecule has 26 heavy (non-hydrogen) atoms. The topological polar surface area (TPSA) is 67.9 Å². The highest BCUT2D eigenvalue weighted by molar-refractivity contribution is 6.04. The molecule has 6 nitrogen and oxygen atoms in total. The van der Waals surface area contributed by atoms with Gasteiger partial charge in [0.1, 0.15) is 6.04 Å². The Morgan fingerprint density at radius 1 is 1.08 bits per heavy atom. The predicted molar refractivity (Wildman–Crippen MR) is 101 cm³/mol. The van der Waals surface area contributed by atoms with Gasteiger partial charge in [-0.05, 0) is 30.5 Å². The van der Waals surface area contributed by atoms with Gasteiger partial charge in [0.2, 0.25) is 0 Å². The van der Waals surface area contributed by atoms with Crippen molar-refractivity contribution < 1.29 is 19.1 Å². The summed E-state index contributed by atoms with van der Waals surface area (Å²) in [6.45, 7) is 5.33. The number of unbranched alkanes of at least 4 members (excludes halogenated alkanes) is 3. The number of carbonyl (C=O) groups is 2. The van der Waals surface area contributed by atoms with Crippen molar-refractivity contribution in [1.29, 1.82) is 0 Å². The fourth-order valence-electron chi connectivity index (χ4n) is 2.97. The zero-order valence-corrected chi connectivity index (χ0v) is 16.0. The van der Waals surface area contributed by atoms with Gasteiger partial charge in [0.05, 0.1) is 13.7 Å². The second-order valence-electron chi connectivity index (χ2n) is 6.59. The van der Waals surface area contributed by atoms with Gasteiger partial charge in [-0.3, -0.25) is 9.69 Å². The standard InChI is InChI=1S/C20H30N2O4/c1-4-6-8-12-26-17-10-9-15(14-18(17)25-3)13-16-19(23)22(11-7-5-2)20(24)21-16/h9-10,14,16H,4-8,11-13H2,1-3H3,(H,21,24). The predicted octanol–water partition coefficient (Wildman–Crippen LogP) is 3.53. The number of benzene rings is 1. The zero-order valence-electron chi connectivity index (χ0n) is 16.0. The molecule has 1 atom stereocenters. The first kappa shape index (κ1) is 20.1. The smallest absolute Gasteiger partial charge is 0.324 e. The van der Waals surface area contributed by atoms with Crippen molar-refractivity contribution in [2.75, 3.05) is 20.3 Å². The molecule has 1 aliphatic rings. The maximum absolute atomic E-state index is 12.4. The highest BCUT2D eigenvalue weighted by Crippen LogP contribution is 2.29. The molecule has 1 unspecified atom stereocenters. The average Bonchev–Trinajstić information content (AvgIpc) is 2.91. The van der Waals surface area contributed by atoms with E-state index in [4.69, 9.17) is 9.47 Å². The maximum atomic E-state index is 12.4. The van der Waals surface area contributed by atoms with Crippen LogP contribution in [0.3, 0.4) is 0 Å². The molecule has 3 amide bonds. The monoisotopic (exact) mass is 362 g/mol. The van der Waals surface area contributed by atoms with E-state index >= 15 is 0 Å². The van der Waals surface area contributed by atoms with E-state index in [1.165, 1.54) is 4.90 Å². The third-order valence-electron chi connectivity index (χ3n) is 4.52. The van der Waals surface area contributed by atoms with Gasteiger partial charge in [0.25, 0.3) is 5.91 Å². The molecule has 1 aliphatic heterocycles. The number of imide groups is 1. The molecule has 1 saturated heterocycles. The number of hydrogen-bond donors (Lipinski definition) is 1. The van der Waals surface area contributed by atoms with E-state index in [9.17, 15) is 9.59 Å². The quantitative estimate of drug-likeness (QED) is 0.483. The molecule has 0 aliphatic carbocycles. The zero-order chi connectivity index (χ0) is 18.9. The van der Waals surface area contributed by atoms with Crippen molar-refractivity contribution in [2.45, 2.75) is 58.4 Å². The van der Waals surface area contributed by atoms with E-state index in [-0.39, 0.29) is 11.9 Å². The number of nitrogens with zero attached hydrogens (tertiary/aromatic N) is 1. The van der Waals surface area contributed by atoms with E-state index in [2.05, 4.69) is 12.2 Å². The summed E-state index contributed by atoms with van der Waals surface area (Å²) in [5.41, 5.74) is 0.929. The third-order valence-corrected chi connectivity index (χ3v) is 4.52. The second-order valence-corrected chi connectivity index (χ2v) is 6.59. The number of amides is 3. The minimum absolute atomic E-state index is 0.151. The number of methoxy groups -OCH3 is 1. The summed E-state index contributed by atoms with van der Waals surface area (Å²) in [6.07, 6.45) is 5.51. The van der Waals surface area contributed by atoms with E-state index in [0.717, 1.165) is 37.7 Å². The number of rotatable bonds is 11. The largest absolute Gasteiger partial charge is 0.493 e. The normalized spacial score (nSPS) is 16.7. The molecular weight excluding hydrogens is 332 g/mol. The molecule has 0 bridgehead atoms. The van der Waals surface area contributed by atoms with Crippen LogP contribution in [0.1, 0.15) is 51.5 Å². The molecule has 0 spiro atoms. The summed E-state index contributed by atoms with van der Waals surface area (Å²) in [6, 6.07) is 4.86. The Hall–Kier alpha value is -2.24. The van der Waals surface area contributed by atoms with Crippen molar-refractivity contribution >= 4 is 11.9 Å². The minimum Gasteiger partial charge on any atom is -0.493 e. The lowest BCUT2D eigenvalue weighted by atomic mass is 10.1. The first-order valence-electron chi connectivity index (χ1n) is 9.52. The molecule has 144 valence electrons. The molecule has 1 fully saturated rings. The lowest BCUT2D eigenvalue weighted by molar-refractivity contribution is -0.127. The van der Waals surface area contributed by atoms with Crippen LogP contribution in [-0.4, -0.2) is 43.1 Å². The van der Waals surface area contributed by atoms with Crippen LogP contribution >= 0.6 is 0 Å². The summed E-state index contributed by atoms with van der Waals surface area (Å²) in [5.74, 6) is 1.21. The number of carbonyl (C=O) groups excluding carboxylic acids is 2. The fraction of sp³-hybridized carbons (Fsp3) is 0.600. The van der Waals surface area contributed by atoms with Gasteiger partial charge in [0, 0.05) is 13.0 Å². The van der Waals surface area contributed by atoms with Crippen molar-refractivity contribution in [3.8, 4) is 11.5 Å². The third kappa shape index (κ3) is 5.13. The Morgan fingerprint density at radius 3 is 2.54 bits per heavy atom. The van der Waals surface area contributed by atoms with Crippen LogP contribution in [0.25, 0.3) is 0 Å². The first-order valence-corrected chi connectivity index (χ1v) is 9.52. The highest BCUT2D eigenvalue weighted by atomic mass is 16.5. The summed E-state index contributed by atoms with van der Waals surface area (Å²) >= 11 is 0. The Labute approximate surface area is 155 Å². The SMILES string of the molecule is CCCCCOc1ccc(CC2NC(=O)N(CCCC)C2=O)cc1OC. The second kappa shape index (κ2) is 10.0. The van der Waals surface area contributed by atoms with Crippen LogP contribution in [-0.2, 0) is 11.2 Å². The number of hydrogen-bond acceptors (Lipinski definition) is 4. The number of nitrogens with one attached hydrogen (secondary N) is 1. The van der Waals surface area contributed by atoms with Crippen LogP contribution in [0.2, 0.25) is 0 Å². The van der Waals surface area contributed by atoms with Gasteiger partial charge in [-0.15, -0.1) is 0 Å². The number of urea groups is 1. The van der Waals surface area contributed by atoms with Gasteiger partial charge >= 0.3 is 6.03 Å². The molecule has 1 aromatic carbocycles. The van der Waals surface area contributed by atoms with Gasteiger partial charge in [0.15, 0.2) is 11.5 Å². The Morgan fingerprint density at radius 2 is 1.85 bits per heavy atom. The molecule has 6 heteroatoms. The van der Waals surface area contributed by atoms with Crippen molar-refractivity contribution in [3.63, 3.8) is 0 Å². The molecule has 0 radical (unpaired) electrons. The number of ether oxygens (including phenoxy) is 2. The van der Waals surface area contributed by atoms with E-state index in [1.54, 1.807) is 7.11 Å². The summed E-state index contributed by atoms with van der Waals surface area (Å²) in [7, 11) is 1.60. The van der Waals surface area contributed by atoms with Gasteiger partial charge in [-0.2, -0.15) is 0 Å². The Kier molecular flexibility index (Phi) is 7.75. The Balaban J connectivity index is 1.99. The van der Waals surface area contributed by atoms with Gasteiger partial charge in [-0.25, -0.2) is 4.79 Å². The van der Waals surface area contributed by atoms with Crippen LogP contribution < -0.4 is 14.8 Å². The van der Waals surface area contributed by atoms with Crippen molar-refractivity contribution in [2.24, 2.45) is 0 Å². The van der Waals surface area contributed by atoms with Crippen LogP contribution in [0, 0.1) is 0 Å². The molecular formula is C20H30N2O4. The lowest BCUT2D eigenvalue weighted by Crippen LogP contribution is -2.33. The van der Waals surface area contributed by atoms with Crippen LogP contribution in [0.15, 0.2) is 18.2 Å². The van der Waals surface area contributed by atoms with E-state index < -0.39 is 6.04 Å². The maximum Gasteiger partial charge on any atom is 0.324 e. The van der Waals surface area contributed by atoms with Gasteiger partial charge < -0.3 is 14.8 Å². The summed E-state index contributed by atoms with van der Waals surface area (Å²) in [4.78, 5) is 25.7. The first-order chi connectivity index (χ1) is 12.6. The van der Waals surface area contributed by atoms with Gasteiger partial charge in [-0.1, -0.05) is 39.2 Å². The summed E-state index contributed by atoms with van der Waals surface area (Å²) in [5, 5.41) is 2.78. The molecule has 1 N–H and O–H groups in total. The molecule has 0 aromatic heterocycles. The average molecular weight is 362 g/mol. The van der Waals surface area contributed by atoms with Crippen LogP contribution in [0.4, 0.5) is 4.79 Å². The van der Waals surface area contributed by atoms with Crippen molar-refractivity contribution in [1.82, 2.24) is 10.2 Å².